The summed E-state index contributed by atoms with van der Waals surface area (Å²) in [5.41, 5.74) is 3.21. The van der Waals surface area contributed by atoms with Gasteiger partial charge in [-0.15, -0.1) is 0 Å². The molecule has 0 saturated carbocycles. The SMILES string of the molecule is Cc1ccc(N2CC(C(=O)N3CCN(c4cc(-n5ccnc5C)ncn4)CC3)CC2=O)cc1C. The van der Waals surface area contributed by atoms with Crippen LogP contribution in [0.1, 0.15) is 23.4 Å². The monoisotopic (exact) mass is 459 g/mol. The van der Waals surface area contributed by atoms with E-state index in [4.69, 9.17) is 0 Å². The van der Waals surface area contributed by atoms with Crippen LogP contribution in [0.2, 0.25) is 0 Å². The molecule has 1 atom stereocenters. The van der Waals surface area contributed by atoms with Crippen molar-refractivity contribution in [2.75, 3.05) is 42.5 Å². The summed E-state index contributed by atoms with van der Waals surface area (Å²) >= 11 is 0. The Morgan fingerprint density at radius 2 is 1.71 bits per heavy atom. The molecule has 0 spiro atoms. The van der Waals surface area contributed by atoms with Crippen molar-refractivity contribution in [2.24, 2.45) is 5.92 Å². The molecule has 34 heavy (non-hydrogen) atoms. The lowest BCUT2D eigenvalue weighted by molar-refractivity contribution is -0.136. The predicted octanol–water partition coefficient (Wildman–Crippen LogP) is 2.29. The van der Waals surface area contributed by atoms with Gasteiger partial charge in [-0.25, -0.2) is 15.0 Å². The molecule has 2 aliphatic heterocycles. The van der Waals surface area contributed by atoms with Crippen molar-refractivity contribution in [1.29, 1.82) is 0 Å². The summed E-state index contributed by atoms with van der Waals surface area (Å²) in [6.45, 7) is 9.06. The van der Waals surface area contributed by atoms with Crippen LogP contribution in [-0.4, -0.2) is 69.0 Å². The number of imidazole rings is 1. The smallest absolute Gasteiger partial charge is 0.228 e. The maximum Gasteiger partial charge on any atom is 0.228 e. The number of carbonyl (C=O) groups excluding carboxylic acids is 2. The van der Waals surface area contributed by atoms with E-state index in [0.29, 0.717) is 32.7 Å². The van der Waals surface area contributed by atoms with Crippen molar-refractivity contribution in [1.82, 2.24) is 24.4 Å². The van der Waals surface area contributed by atoms with Gasteiger partial charge in [0.15, 0.2) is 0 Å². The zero-order chi connectivity index (χ0) is 23.8. The van der Waals surface area contributed by atoms with E-state index >= 15 is 0 Å². The Labute approximate surface area is 199 Å². The average molecular weight is 460 g/mol. The van der Waals surface area contributed by atoms with Crippen molar-refractivity contribution in [3.05, 3.63) is 59.9 Å². The molecular weight excluding hydrogens is 430 g/mol. The second-order valence-electron chi connectivity index (χ2n) is 9.07. The first-order valence-corrected chi connectivity index (χ1v) is 11.6. The zero-order valence-corrected chi connectivity index (χ0v) is 19.8. The van der Waals surface area contributed by atoms with Crippen LogP contribution in [0.4, 0.5) is 11.5 Å². The van der Waals surface area contributed by atoms with E-state index in [0.717, 1.165) is 28.7 Å². The van der Waals surface area contributed by atoms with Gasteiger partial charge in [-0.3, -0.25) is 14.2 Å². The van der Waals surface area contributed by atoms with Gasteiger partial charge in [0.1, 0.15) is 23.8 Å². The summed E-state index contributed by atoms with van der Waals surface area (Å²) in [5, 5.41) is 0. The van der Waals surface area contributed by atoms with E-state index in [1.165, 1.54) is 5.56 Å². The number of carbonyl (C=O) groups is 2. The third kappa shape index (κ3) is 4.13. The number of piperazine rings is 1. The summed E-state index contributed by atoms with van der Waals surface area (Å²) in [4.78, 5) is 44.8. The minimum atomic E-state index is -0.296. The maximum absolute atomic E-state index is 13.2. The van der Waals surface area contributed by atoms with E-state index in [1.807, 2.05) is 53.8 Å². The van der Waals surface area contributed by atoms with Crippen LogP contribution in [0.3, 0.4) is 0 Å². The molecular formula is C25H29N7O2. The van der Waals surface area contributed by atoms with Crippen LogP contribution in [0.15, 0.2) is 43.0 Å². The number of hydrogen-bond acceptors (Lipinski definition) is 6. The Morgan fingerprint density at radius 1 is 0.941 bits per heavy atom. The molecule has 2 aliphatic rings. The molecule has 4 heterocycles. The molecule has 0 aliphatic carbocycles. The molecule has 0 bridgehead atoms. The van der Waals surface area contributed by atoms with Gasteiger partial charge in [-0.1, -0.05) is 6.07 Å². The third-order valence-corrected chi connectivity index (χ3v) is 6.90. The van der Waals surface area contributed by atoms with Crippen molar-refractivity contribution < 1.29 is 9.59 Å². The molecule has 0 radical (unpaired) electrons. The van der Waals surface area contributed by atoms with Crippen molar-refractivity contribution in [3.63, 3.8) is 0 Å². The molecule has 2 amide bonds. The molecule has 5 rings (SSSR count). The summed E-state index contributed by atoms with van der Waals surface area (Å²) in [7, 11) is 0. The van der Waals surface area contributed by atoms with Gasteiger partial charge in [-0.05, 0) is 44.0 Å². The summed E-state index contributed by atoms with van der Waals surface area (Å²) < 4.78 is 1.92. The summed E-state index contributed by atoms with van der Waals surface area (Å²) in [5.74, 6) is 2.26. The first-order valence-electron chi connectivity index (χ1n) is 11.6. The average Bonchev–Trinajstić information content (AvgIpc) is 3.46. The number of nitrogens with zero attached hydrogens (tertiary/aromatic N) is 7. The van der Waals surface area contributed by atoms with Gasteiger partial charge in [-0.2, -0.15) is 0 Å². The highest BCUT2D eigenvalue weighted by Gasteiger charge is 2.38. The molecule has 2 aromatic heterocycles. The second-order valence-corrected chi connectivity index (χ2v) is 9.07. The number of amides is 2. The topological polar surface area (TPSA) is 87.5 Å². The van der Waals surface area contributed by atoms with E-state index in [2.05, 4.69) is 26.8 Å². The standard InChI is InChI=1S/C25H29N7O2/c1-17-4-5-21(12-18(17)2)32-15-20(13-24(32)33)25(34)30-10-8-29(9-11-30)22-14-23(28-16-27-22)31-7-6-26-19(31)3/h4-7,12,14,16,20H,8-11,13,15H2,1-3H3. The minimum absolute atomic E-state index is 0.0172. The summed E-state index contributed by atoms with van der Waals surface area (Å²) in [6.07, 6.45) is 5.46. The maximum atomic E-state index is 13.2. The molecule has 9 heteroatoms. The van der Waals surface area contributed by atoms with Gasteiger partial charge in [0.05, 0.1) is 5.92 Å². The zero-order valence-electron chi connectivity index (χ0n) is 19.8. The van der Waals surface area contributed by atoms with E-state index in [9.17, 15) is 9.59 Å². The molecule has 1 aromatic carbocycles. The Kier molecular flexibility index (Phi) is 5.77. The van der Waals surface area contributed by atoms with Crippen molar-refractivity contribution >= 4 is 23.3 Å². The molecule has 0 N–H and O–H groups in total. The predicted molar refractivity (Wildman–Crippen MR) is 129 cm³/mol. The van der Waals surface area contributed by atoms with E-state index in [-0.39, 0.29) is 24.2 Å². The fraction of sp³-hybridized carbons (Fsp3) is 0.400. The highest BCUT2D eigenvalue weighted by molar-refractivity contribution is 6.00. The van der Waals surface area contributed by atoms with Crippen LogP contribution in [0.5, 0.6) is 0 Å². The highest BCUT2D eigenvalue weighted by Crippen LogP contribution is 2.28. The van der Waals surface area contributed by atoms with Gasteiger partial charge < -0.3 is 14.7 Å². The number of aromatic nitrogens is 4. The molecule has 1 unspecified atom stereocenters. The molecule has 3 aromatic rings. The molecule has 176 valence electrons. The van der Waals surface area contributed by atoms with Crippen LogP contribution in [0, 0.1) is 26.7 Å². The fourth-order valence-electron chi connectivity index (χ4n) is 4.69. The molecule has 2 saturated heterocycles. The van der Waals surface area contributed by atoms with E-state index in [1.54, 1.807) is 17.4 Å². The quantitative estimate of drug-likeness (QED) is 0.595. The Bertz CT molecular complexity index is 1230. The van der Waals surface area contributed by atoms with Gasteiger partial charge in [0.2, 0.25) is 11.8 Å². The lowest BCUT2D eigenvalue weighted by atomic mass is 10.1. The van der Waals surface area contributed by atoms with Gasteiger partial charge in [0, 0.05) is 63.3 Å². The van der Waals surface area contributed by atoms with Crippen molar-refractivity contribution in [2.45, 2.75) is 27.2 Å². The highest BCUT2D eigenvalue weighted by atomic mass is 16.2. The number of anilines is 2. The van der Waals surface area contributed by atoms with Crippen LogP contribution in [-0.2, 0) is 9.59 Å². The third-order valence-electron chi connectivity index (χ3n) is 6.90. The Hall–Kier alpha value is -3.75. The molecule has 9 nitrogen and oxygen atoms in total. The molecule has 2 fully saturated rings. The summed E-state index contributed by atoms with van der Waals surface area (Å²) in [6, 6.07) is 7.97. The van der Waals surface area contributed by atoms with Crippen LogP contribution >= 0.6 is 0 Å². The lowest BCUT2D eigenvalue weighted by Crippen LogP contribution is -2.51. The lowest BCUT2D eigenvalue weighted by Gasteiger charge is -2.36. The minimum Gasteiger partial charge on any atom is -0.353 e. The van der Waals surface area contributed by atoms with Gasteiger partial charge in [0.25, 0.3) is 0 Å². The van der Waals surface area contributed by atoms with E-state index < -0.39 is 0 Å². The van der Waals surface area contributed by atoms with Crippen LogP contribution < -0.4 is 9.80 Å². The van der Waals surface area contributed by atoms with Gasteiger partial charge >= 0.3 is 0 Å². The Morgan fingerprint density at radius 3 is 2.41 bits per heavy atom. The second kappa shape index (κ2) is 8.89. The fourth-order valence-corrected chi connectivity index (χ4v) is 4.69. The normalized spacial score (nSPS) is 18.6. The number of hydrogen-bond donors (Lipinski definition) is 0. The first kappa shape index (κ1) is 22.1. The first-order chi connectivity index (χ1) is 16.4. The number of aryl methyl sites for hydroxylation is 3. The number of benzene rings is 1. The van der Waals surface area contributed by atoms with Crippen molar-refractivity contribution in [3.8, 4) is 5.82 Å². The number of rotatable bonds is 4. The largest absolute Gasteiger partial charge is 0.353 e. The Balaban J connectivity index is 1.21. The van der Waals surface area contributed by atoms with Crippen LogP contribution in [0.25, 0.3) is 5.82 Å².